The Labute approximate surface area is 127 Å². The second kappa shape index (κ2) is 5.18. The molecule has 0 aliphatic carbocycles. The number of fused-ring (bicyclic) bond motifs is 2. The molecule has 0 aliphatic rings. The molecule has 4 rings (SSSR count). The highest BCUT2D eigenvalue weighted by Crippen LogP contribution is 2.19. The van der Waals surface area contributed by atoms with Gasteiger partial charge in [0.05, 0.1) is 11.0 Å². The largest absolute Gasteiger partial charge is 0.441 e. The summed E-state index contributed by atoms with van der Waals surface area (Å²) in [7, 11) is 0. The van der Waals surface area contributed by atoms with Gasteiger partial charge in [0.1, 0.15) is 11.3 Å². The number of hydrogen-bond acceptors (Lipinski definition) is 4. The summed E-state index contributed by atoms with van der Waals surface area (Å²) in [6.07, 6.45) is 2.59. The van der Waals surface area contributed by atoms with E-state index in [1.807, 2.05) is 42.5 Å². The smallest absolute Gasteiger partial charge is 0.195 e. The average Bonchev–Trinajstić information content (AvgIpc) is 3.09. The topological polar surface area (TPSA) is 80.7 Å². The van der Waals surface area contributed by atoms with Crippen LogP contribution in [0.15, 0.2) is 46.9 Å². The number of nitrogen functional groups attached to an aromatic ring is 1. The zero-order chi connectivity index (χ0) is 14.9. The van der Waals surface area contributed by atoms with Crippen molar-refractivity contribution < 1.29 is 4.42 Å². The summed E-state index contributed by atoms with van der Waals surface area (Å²) in [4.78, 5) is 12.4. The van der Waals surface area contributed by atoms with Crippen molar-refractivity contribution in [2.45, 2.75) is 19.3 Å². The van der Waals surface area contributed by atoms with Crippen molar-refractivity contribution in [1.82, 2.24) is 15.0 Å². The van der Waals surface area contributed by atoms with Gasteiger partial charge < -0.3 is 15.1 Å². The van der Waals surface area contributed by atoms with Crippen LogP contribution in [0, 0.1) is 0 Å². The van der Waals surface area contributed by atoms with Crippen LogP contribution in [0.2, 0.25) is 0 Å². The van der Waals surface area contributed by atoms with Gasteiger partial charge in [0, 0.05) is 18.5 Å². The van der Waals surface area contributed by atoms with Crippen LogP contribution in [0.1, 0.15) is 18.1 Å². The molecule has 0 radical (unpaired) electrons. The Morgan fingerprint density at radius 1 is 1.00 bits per heavy atom. The van der Waals surface area contributed by atoms with Crippen molar-refractivity contribution in [3.63, 3.8) is 0 Å². The van der Waals surface area contributed by atoms with E-state index in [9.17, 15) is 0 Å². The van der Waals surface area contributed by atoms with Crippen molar-refractivity contribution in [2.75, 3.05) is 5.73 Å². The molecule has 5 heteroatoms. The first-order valence-electron chi connectivity index (χ1n) is 7.36. The van der Waals surface area contributed by atoms with Crippen LogP contribution in [-0.2, 0) is 12.8 Å². The SMILES string of the molecule is Nc1ccc2oc(CCCc3nc4ccccc4[nH]3)nc2c1. The molecule has 2 heterocycles. The number of H-pyrrole nitrogens is 1. The molecule has 4 aromatic rings. The standard InChI is InChI=1S/C17H16N4O/c18-11-8-9-15-14(10-11)21-17(22-15)7-3-6-16-19-12-4-1-2-5-13(12)20-16/h1-2,4-5,8-10H,3,6-7,18H2,(H,19,20). The molecule has 5 nitrogen and oxygen atoms in total. The normalized spacial score (nSPS) is 11.5. The number of nitrogens with two attached hydrogens (primary N) is 1. The van der Waals surface area contributed by atoms with E-state index in [1.165, 1.54) is 0 Å². The number of para-hydroxylation sites is 2. The molecule has 0 bridgehead atoms. The second-order valence-electron chi connectivity index (χ2n) is 5.39. The third-order valence-corrected chi connectivity index (χ3v) is 3.70. The Morgan fingerprint density at radius 2 is 1.91 bits per heavy atom. The van der Waals surface area contributed by atoms with Crippen LogP contribution in [0.5, 0.6) is 0 Å². The van der Waals surface area contributed by atoms with Gasteiger partial charge in [0.2, 0.25) is 0 Å². The van der Waals surface area contributed by atoms with E-state index in [0.29, 0.717) is 5.69 Å². The molecule has 3 N–H and O–H groups in total. The number of nitrogens with one attached hydrogen (secondary N) is 1. The fourth-order valence-electron chi connectivity index (χ4n) is 2.63. The summed E-state index contributed by atoms with van der Waals surface area (Å²) in [6, 6.07) is 13.6. The maximum absolute atomic E-state index is 5.75. The lowest BCUT2D eigenvalue weighted by atomic mass is 10.2. The minimum absolute atomic E-state index is 0.703. The summed E-state index contributed by atoms with van der Waals surface area (Å²) in [5.74, 6) is 1.75. The molecule has 0 amide bonds. The average molecular weight is 292 g/mol. The lowest BCUT2D eigenvalue weighted by Crippen LogP contribution is -1.92. The summed E-state index contributed by atoms with van der Waals surface area (Å²) >= 11 is 0. The molecule has 0 fully saturated rings. The summed E-state index contributed by atoms with van der Waals surface area (Å²) < 4.78 is 5.72. The molecule has 0 unspecified atom stereocenters. The molecule has 0 spiro atoms. The quantitative estimate of drug-likeness (QED) is 0.564. The number of oxazole rings is 1. The van der Waals surface area contributed by atoms with Crippen molar-refractivity contribution in [2.24, 2.45) is 0 Å². The third kappa shape index (κ3) is 2.41. The van der Waals surface area contributed by atoms with Crippen LogP contribution in [0.3, 0.4) is 0 Å². The minimum Gasteiger partial charge on any atom is -0.441 e. The number of aryl methyl sites for hydroxylation is 2. The second-order valence-corrected chi connectivity index (χ2v) is 5.39. The molecule has 0 saturated heterocycles. The molecule has 22 heavy (non-hydrogen) atoms. The van der Waals surface area contributed by atoms with Crippen LogP contribution >= 0.6 is 0 Å². The Hall–Kier alpha value is -2.82. The summed E-state index contributed by atoms with van der Waals surface area (Å²) in [5.41, 5.74) is 10.1. The molecule has 2 aromatic carbocycles. The summed E-state index contributed by atoms with van der Waals surface area (Å²) in [6.45, 7) is 0. The number of imidazole rings is 1. The van der Waals surface area contributed by atoms with E-state index >= 15 is 0 Å². The van der Waals surface area contributed by atoms with E-state index in [4.69, 9.17) is 10.2 Å². The Kier molecular flexibility index (Phi) is 3.04. The fourth-order valence-corrected chi connectivity index (χ4v) is 2.63. The first-order chi connectivity index (χ1) is 10.8. The van der Waals surface area contributed by atoms with Crippen molar-refractivity contribution in [1.29, 1.82) is 0 Å². The van der Waals surface area contributed by atoms with Crippen LogP contribution < -0.4 is 5.73 Å². The van der Waals surface area contributed by atoms with E-state index in [-0.39, 0.29) is 0 Å². The number of rotatable bonds is 4. The van der Waals surface area contributed by atoms with Gasteiger partial charge in [0.15, 0.2) is 11.5 Å². The lowest BCUT2D eigenvalue weighted by Gasteiger charge is -1.94. The van der Waals surface area contributed by atoms with Gasteiger partial charge in [-0.05, 0) is 36.8 Å². The van der Waals surface area contributed by atoms with Gasteiger partial charge in [-0.2, -0.15) is 0 Å². The van der Waals surface area contributed by atoms with Crippen LogP contribution in [-0.4, -0.2) is 15.0 Å². The van der Waals surface area contributed by atoms with Crippen molar-refractivity contribution in [3.8, 4) is 0 Å². The Balaban J connectivity index is 1.45. The highest BCUT2D eigenvalue weighted by atomic mass is 16.3. The highest BCUT2D eigenvalue weighted by Gasteiger charge is 2.07. The fraction of sp³-hybridized carbons (Fsp3) is 0.176. The van der Waals surface area contributed by atoms with Gasteiger partial charge in [-0.25, -0.2) is 9.97 Å². The van der Waals surface area contributed by atoms with Gasteiger partial charge in [-0.15, -0.1) is 0 Å². The lowest BCUT2D eigenvalue weighted by molar-refractivity contribution is 0.518. The number of aromatic nitrogens is 3. The van der Waals surface area contributed by atoms with E-state index < -0.39 is 0 Å². The highest BCUT2D eigenvalue weighted by molar-refractivity contribution is 5.76. The Bertz CT molecular complexity index is 905. The molecular weight excluding hydrogens is 276 g/mol. The number of aromatic amines is 1. The van der Waals surface area contributed by atoms with E-state index in [1.54, 1.807) is 0 Å². The van der Waals surface area contributed by atoms with Gasteiger partial charge in [-0.3, -0.25) is 0 Å². The predicted octanol–water partition coefficient (Wildman–Crippen LogP) is 3.46. The maximum atomic E-state index is 5.75. The van der Waals surface area contributed by atoms with Crippen molar-refractivity contribution >= 4 is 27.8 Å². The molecule has 110 valence electrons. The monoisotopic (exact) mass is 292 g/mol. The molecule has 0 atom stereocenters. The number of hydrogen-bond donors (Lipinski definition) is 2. The molecular formula is C17H16N4O. The van der Waals surface area contributed by atoms with Gasteiger partial charge in [-0.1, -0.05) is 12.1 Å². The Morgan fingerprint density at radius 3 is 2.82 bits per heavy atom. The zero-order valence-corrected chi connectivity index (χ0v) is 12.0. The molecule has 2 aromatic heterocycles. The van der Waals surface area contributed by atoms with E-state index in [0.717, 1.165) is 53.1 Å². The van der Waals surface area contributed by atoms with Crippen molar-refractivity contribution in [3.05, 3.63) is 54.2 Å². The number of nitrogens with zero attached hydrogens (tertiary/aromatic N) is 2. The first-order valence-corrected chi connectivity index (χ1v) is 7.36. The zero-order valence-electron chi connectivity index (χ0n) is 12.0. The van der Waals surface area contributed by atoms with Gasteiger partial charge in [0.25, 0.3) is 0 Å². The number of anilines is 1. The first kappa shape index (κ1) is 12.9. The third-order valence-electron chi connectivity index (χ3n) is 3.70. The maximum Gasteiger partial charge on any atom is 0.195 e. The summed E-state index contributed by atoms with van der Waals surface area (Å²) in [5, 5.41) is 0. The molecule has 0 saturated carbocycles. The van der Waals surface area contributed by atoms with E-state index in [2.05, 4.69) is 15.0 Å². The van der Waals surface area contributed by atoms with Crippen LogP contribution in [0.4, 0.5) is 5.69 Å². The molecule has 0 aliphatic heterocycles. The van der Waals surface area contributed by atoms with Gasteiger partial charge >= 0.3 is 0 Å². The minimum atomic E-state index is 0.703. The van der Waals surface area contributed by atoms with Crippen LogP contribution in [0.25, 0.3) is 22.1 Å². The predicted molar refractivity (Wildman–Crippen MR) is 86.5 cm³/mol. The number of benzene rings is 2.